The van der Waals surface area contributed by atoms with E-state index in [2.05, 4.69) is 23.7 Å². The van der Waals surface area contributed by atoms with Crippen molar-refractivity contribution in [3.63, 3.8) is 0 Å². The zero-order valence-electron chi connectivity index (χ0n) is 10.8. The third-order valence-electron chi connectivity index (χ3n) is 2.96. The second-order valence-corrected chi connectivity index (χ2v) is 5.90. The van der Waals surface area contributed by atoms with Crippen LogP contribution >= 0.6 is 22.9 Å². The highest BCUT2D eigenvalue weighted by molar-refractivity contribution is 7.09. The Kier molecular flexibility index (Phi) is 5.37. The summed E-state index contributed by atoms with van der Waals surface area (Å²) in [6.07, 6.45) is 1.87. The Hall–Kier alpha value is -0.900. The van der Waals surface area contributed by atoms with Gasteiger partial charge in [0.1, 0.15) is 5.82 Å². The van der Waals surface area contributed by atoms with Gasteiger partial charge in [-0.05, 0) is 48.2 Å². The predicted molar refractivity (Wildman–Crippen MR) is 80.5 cm³/mol. The quantitative estimate of drug-likeness (QED) is 0.806. The number of rotatable bonds is 6. The maximum Gasteiger partial charge on any atom is 0.123 e. The van der Waals surface area contributed by atoms with Crippen LogP contribution in [0.4, 0.5) is 4.39 Å². The average molecular weight is 298 g/mol. The lowest BCUT2D eigenvalue weighted by atomic mass is 10.0. The van der Waals surface area contributed by atoms with E-state index in [9.17, 15) is 4.39 Å². The summed E-state index contributed by atoms with van der Waals surface area (Å²) in [6, 6.07) is 8.74. The molecule has 4 heteroatoms. The van der Waals surface area contributed by atoms with Crippen molar-refractivity contribution in [1.29, 1.82) is 0 Å². The van der Waals surface area contributed by atoms with Crippen molar-refractivity contribution in [3.8, 4) is 0 Å². The van der Waals surface area contributed by atoms with Crippen LogP contribution in [-0.2, 0) is 6.42 Å². The van der Waals surface area contributed by atoms with Crippen LogP contribution in [0.3, 0.4) is 0 Å². The number of hydrogen-bond acceptors (Lipinski definition) is 2. The molecule has 1 atom stereocenters. The van der Waals surface area contributed by atoms with Crippen LogP contribution in [0.5, 0.6) is 0 Å². The van der Waals surface area contributed by atoms with Gasteiger partial charge in [0.15, 0.2) is 0 Å². The number of hydrogen-bond donors (Lipinski definition) is 1. The highest BCUT2D eigenvalue weighted by atomic mass is 35.5. The van der Waals surface area contributed by atoms with Crippen molar-refractivity contribution < 1.29 is 4.39 Å². The van der Waals surface area contributed by atoms with E-state index in [1.54, 1.807) is 17.4 Å². The highest BCUT2D eigenvalue weighted by Gasteiger charge is 2.16. The van der Waals surface area contributed by atoms with Crippen molar-refractivity contribution >= 4 is 22.9 Å². The molecule has 2 rings (SSSR count). The fourth-order valence-corrected chi connectivity index (χ4v) is 3.02. The average Bonchev–Trinajstić information content (AvgIpc) is 2.90. The summed E-state index contributed by atoms with van der Waals surface area (Å²) in [4.78, 5) is 1.27. The molecule has 0 aliphatic rings. The molecule has 0 amide bonds. The van der Waals surface area contributed by atoms with Crippen LogP contribution in [-0.4, -0.2) is 6.54 Å². The molecule has 0 saturated carbocycles. The zero-order valence-corrected chi connectivity index (χ0v) is 12.4. The predicted octanol–water partition coefficient (Wildman–Crippen LogP) is 4.82. The third-order valence-corrected chi connectivity index (χ3v) is 4.20. The number of thiophene rings is 1. The lowest BCUT2D eigenvalue weighted by Gasteiger charge is -2.19. The van der Waals surface area contributed by atoms with Gasteiger partial charge >= 0.3 is 0 Å². The molecule has 1 aromatic carbocycles. The Morgan fingerprint density at radius 2 is 2.21 bits per heavy atom. The van der Waals surface area contributed by atoms with Crippen LogP contribution in [0.15, 0.2) is 35.7 Å². The molecule has 0 aliphatic carbocycles. The van der Waals surface area contributed by atoms with E-state index in [0.29, 0.717) is 5.02 Å². The molecule has 0 radical (unpaired) electrons. The van der Waals surface area contributed by atoms with Crippen LogP contribution in [0.1, 0.15) is 29.8 Å². The van der Waals surface area contributed by atoms with E-state index in [-0.39, 0.29) is 11.9 Å². The molecule has 1 aromatic heterocycles. The van der Waals surface area contributed by atoms with Gasteiger partial charge in [-0.1, -0.05) is 24.6 Å². The second-order valence-electron chi connectivity index (χ2n) is 4.46. The lowest BCUT2D eigenvalue weighted by Crippen LogP contribution is -2.24. The SMILES string of the molecule is CCCNC(Cc1cccs1)c1cc(F)ccc1Cl. The zero-order chi connectivity index (χ0) is 13.7. The summed E-state index contributed by atoms with van der Waals surface area (Å²) >= 11 is 7.92. The molecule has 0 fully saturated rings. The van der Waals surface area contributed by atoms with E-state index in [0.717, 1.165) is 24.9 Å². The summed E-state index contributed by atoms with van der Waals surface area (Å²) in [6.45, 7) is 3.01. The maximum atomic E-state index is 13.4. The van der Waals surface area contributed by atoms with Crippen molar-refractivity contribution in [2.75, 3.05) is 6.54 Å². The molecule has 1 nitrogen and oxygen atoms in total. The summed E-state index contributed by atoms with van der Waals surface area (Å²) in [5, 5.41) is 6.12. The molecule has 0 aliphatic heterocycles. The third kappa shape index (κ3) is 4.03. The highest BCUT2D eigenvalue weighted by Crippen LogP contribution is 2.28. The van der Waals surface area contributed by atoms with Gasteiger partial charge in [-0.3, -0.25) is 0 Å². The molecule has 19 heavy (non-hydrogen) atoms. The van der Waals surface area contributed by atoms with E-state index in [1.165, 1.54) is 17.0 Å². The monoisotopic (exact) mass is 297 g/mol. The molecule has 102 valence electrons. The fraction of sp³-hybridized carbons (Fsp3) is 0.333. The number of benzene rings is 1. The van der Waals surface area contributed by atoms with E-state index in [4.69, 9.17) is 11.6 Å². The minimum absolute atomic E-state index is 0.0572. The van der Waals surface area contributed by atoms with Crippen LogP contribution in [0.25, 0.3) is 0 Å². The Morgan fingerprint density at radius 1 is 1.37 bits per heavy atom. The van der Waals surface area contributed by atoms with Crippen molar-refractivity contribution in [2.24, 2.45) is 0 Å². The Bertz CT molecular complexity index is 513. The van der Waals surface area contributed by atoms with Crippen LogP contribution < -0.4 is 5.32 Å². The first-order chi connectivity index (χ1) is 9.20. The minimum atomic E-state index is -0.242. The van der Waals surface area contributed by atoms with Crippen molar-refractivity contribution in [1.82, 2.24) is 5.32 Å². The van der Waals surface area contributed by atoms with Crippen molar-refractivity contribution in [2.45, 2.75) is 25.8 Å². The Labute approximate surface area is 122 Å². The summed E-state index contributed by atoms with van der Waals surface area (Å²) < 4.78 is 13.4. The molecule has 0 spiro atoms. The number of halogens is 2. The van der Waals surface area contributed by atoms with Gasteiger partial charge in [0.25, 0.3) is 0 Å². The first kappa shape index (κ1) is 14.5. The molecular formula is C15H17ClFNS. The second kappa shape index (κ2) is 7.04. The molecule has 1 unspecified atom stereocenters. The van der Waals surface area contributed by atoms with Gasteiger partial charge in [0.2, 0.25) is 0 Å². The van der Waals surface area contributed by atoms with Gasteiger partial charge < -0.3 is 5.32 Å². The summed E-state index contributed by atoms with van der Waals surface area (Å²) in [7, 11) is 0. The topological polar surface area (TPSA) is 12.0 Å². The largest absolute Gasteiger partial charge is 0.310 e. The molecule has 0 bridgehead atoms. The van der Waals surface area contributed by atoms with Gasteiger partial charge in [-0.2, -0.15) is 0 Å². The summed E-state index contributed by atoms with van der Waals surface area (Å²) in [5.74, 6) is -0.242. The minimum Gasteiger partial charge on any atom is -0.310 e. The molecular weight excluding hydrogens is 281 g/mol. The van der Waals surface area contributed by atoms with E-state index >= 15 is 0 Å². The molecule has 1 N–H and O–H groups in total. The van der Waals surface area contributed by atoms with Gasteiger partial charge in [-0.15, -0.1) is 11.3 Å². The van der Waals surface area contributed by atoms with Crippen LogP contribution in [0.2, 0.25) is 5.02 Å². The van der Waals surface area contributed by atoms with Crippen molar-refractivity contribution in [3.05, 3.63) is 57.0 Å². The number of nitrogens with one attached hydrogen (secondary N) is 1. The van der Waals surface area contributed by atoms with E-state index < -0.39 is 0 Å². The first-order valence-electron chi connectivity index (χ1n) is 6.41. The molecule has 1 heterocycles. The standard InChI is InChI=1S/C15H17ClFNS/c1-2-7-18-15(10-12-4-3-8-19-12)13-9-11(17)5-6-14(13)16/h3-6,8-9,15,18H,2,7,10H2,1H3. The molecule has 0 saturated heterocycles. The van der Waals surface area contributed by atoms with Gasteiger partial charge in [0.05, 0.1) is 0 Å². The molecule has 2 aromatic rings. The normalized spacial score (nSPS) is 12.6. The maximum absolute atomic E-state index is 13.4. The Morgan fingerprint density at radius 3 is 2.89 bits per heavy atom. The van der Waals surface area contributed by atoms with Gasteiger partial charge in [0, 0.05) is 22.4 Å². The summed E-state index contributed by atoms with van der Waals surface area (Å²) in [5.41, 5.74) is 0.837. The first-order valence-corrected chi connectivity index (χ1v) is 7.67. The van der Waals surface area contributed by atoms with Crippen LogP contribution in [0, 0.1) is 5.82 Å². The Balaban J connectivity index is 2.23. The van der Waals surface area contributed by atoms with Gasteiger partial charge in [-0.25, -0.2) is 4.39 Å². The smallest absolute Gasteiger partial charge is 0.123 e. The van der Waals surface area contributed by atoms with E-state index in [1.807, 2.05) is 6.07 Å². The fourth-order valence-electron chi connectivity index (χ4n) is 2.02. The lowest BCUT2D eigenvalue weighted by molar-refractivity contribution is 0.527.